The first-order valence-electron chi connectivity index (χ1n) is 9.67. The van der Waals surface area contributed by atoms with Crippen LogP contribution in [0, 0.1) is 0 Å². The largest absolute Gasteiger partial charge is 0.373 e. The van der Waals surface area contributed by atoms with Crippen molar-refractivity contribution in [1.29, 1.82) is 0 Å². The van der Waals surface area contributed by atoms with E-state index in [2.05, 4.69) is 79.0 Å². The molecule has 1 aliphatic carbocycles. The Morgan fingerprint density at radius 3 is 2.81 bits per heavy atom. The highest BCUT2D eigenvalue weighted by Crippen LogP contribution is 2.33. The normalized spacial score (nSPS) is 20.0. The lowest BCUT2D eigenvalue weighted by Gasteiger charge is -2.24. The van der Waals surface area contributed by atoms with Crippen molar-refractivity contribution in [3.63, 3.8) is 0 Å². The van der Waals surface area contributed by atoms with Crippen LogP contribution in [0.3, 0.4) is 0 Å². The van der Waals surface area contributed by atoms with E-state index in [1.54, 1.807) is 0 Å². The van der Waals surface area contributed by atoms with Crippen LogP contribution in [0.4, 0.5) is 0 Å². The lowest BCUT2D eigenvalue weighted by Crippen LogP contribution is -2.40. The topological polar surface area (TPSA) is 39.3 Å². The second-order valence-electron chi connectivity index (χ2n) is 7.38. The van der Waals surface area contributed by atoms with Crippen molar-refractivity contribution in [1.82, 2.24) is 20.9 Å². The number of likely N-dealkylation sites (tertiary alicyclic amines) is 1. The van der Waals surface area contributed by atoms with Crippen molar-refractivity contribution in [3.8, 4) is 0 Å². The molecule has 1 aliphatic heterocycles. The lowest BCUT2D eigenvalue weighted by molar-refractivity contribution is 0.382. The van der Waals surface area contributed by atoms with Crippen LogP contribution in [-0.4, -0.2) is 36.6 Å². The molecule has 3 rings (SSSR count). The maximum atomic E-state index is 4.21. The first-order valence-corrected chi connectivity index (χ1v) is 9.67. The molecule has 0 amide bonds. The van der Waals surface area contributed by atoms with Crippen molar-refractivity contribution in [2.45, 2.75) is 45.7 Å². The average Bonchev–Trinajstić information content (AvgIpc) is 3.20. The van der Waals surface area contributed by atoms with Crippen molar-refractivity contribution >= 4 is 5.57 Å². The molecule has 2 aliphatic rings. The van der Waals surface area contributed by atoms with Gasteiger partial charge < -0.3 is 20.9 Å². The van der Waals surface area contributed by atoms with Gasteiger partial charge in [-0.05, 0) is 55.9 Å². The summed E-state index contributed by atoms with van der Waals surface area (Å²) in [5, 5.41) is 10.4. The molecule has 1 unspecified atom stereocenters. The van der Waals surface area contributed by atoms with Gasteiger partial charge in [0, 0.05) is 31.7 Å². The minimum Gasteiger partial charge on any atom is -0.373 e. The fourth-order valence-electron chi connectivity index (χ4n) is 4.10. The molecule has 3 N–H and O–H groups in total. The van der Waals surface area contributed by atoms with Crippen LogP contribution in [0.1, 0.15) is 38.3 Å². The van der Waals surface area contributed by atoms with Gasteiger partial charge in [-0.15, -0.1) is 0 Å². The van der Waals surface area contributed by atoms with Gasteiger partial charge in [-0.3, -0.25) is 0 Å². The van der Waals surface area contributed by atoms with E-state index in [4.69, 9.17) is 0 Å². The van der Waals surface area contributed by atoms with Gasteiger partial charge in [0.2, 0.25) is 0 Å². The van der Waals surface area contributed by atoms with Gasteiger partial charge in [-0.25, -0.2) is 0 Å². The molecule has 0 aromatic heterocycles. The van der Waals surface area contributed by atoms with E-state index in [-0.39, 0.29) is 6.04 Å². The number of nitrogens with one attached hydrogen (secondary N) is 3. The molecule has 0 spiro atoms. The third-order valence-corrected chi connectivity index (χ3v) is 5.53. The van der Waals surface area contributed by atoms with Gasteiger partial charge in [-0.2, -0.15) is 0 Å². The maximum absolute atomic E-state index is 4.21. The number of benzene rings is 1. The van der Waals surface area contributed by atoms with Crippen LogP contribution in [0.2, 0.25) is 0 Å². The molecule has 1 aromatic rings. The standard InChI is InChI=1S/C22H32N4/c1-6-23-18(5)26-12-11-20(14-26)25-17(4)24-16(3)22-13-19-9-7-8-10-21(19)15(22)2/h7-10,16,20,23-25H,4-6,11-14H2,1-3H3/t16-,20?/m0/s1. The van der Waals surface area contributed by atoms with Gasteiger partial charge in [0.1, 0.15) is 0 Å². The highest BCUT2D eigenvalue weighted by Gasteiger charge is 2.25. The molecular formula is C22H32N4. The number of allylic oxidation sites excluding steroid dienone is 1. The summed E-state index contributed by atoms with van der Waals surface area (Å²) in [7, 11) is 0. The number of rotatable bonds is 8. The van der Waals surface area contributed by atoms with Crippen LogP contribution in [0.15, 0.2) is 54.6 Å². The molecule has 26 heavy (non-hydrogen) atoms. The van der Waals surface area contributed by atoms with E-state index in [1.165, 1.54) is 22.3 Å². The van der Waals surface area contributed by atoms with E-state index in [0.29, 0.717) is 6.04 Å². The van der Waals surface area contributed by atoms with Crippen LogP contribution in [0.25, 0.3) is 5.57 Å². The Balaban J connectivity index is 1.52. The molecule has 2 atom stereocenters. The third-order valence-electron chi connectivity index (χ3n) is 5.53. The molecule has 4 heteroatoms. The highest BCUT2D eigenvalue weighted by atomic mass is 15.3. The second kappa shape index (κ2) is 7.90. The maximum Gasteiger partial charge on any atom is 0.0939 e. The van der Waals surface area contributed by atoms with Crippen molar-refractivity contribution in [3.05, 3.63) is 65.8 Å². The number of hydrogen-bond donors (Lipinski definition) is 3. The van der Waals surface area contributed by atoms with Crippen LogP contribution in [0.5, 0.6) is 0 Å². The van der Waals surface area contributed by atoms with E-state index >= 15 is 0 Å². The molecule has 1 aromatic carbocycles. The quantitative estimate of drug-likeness (QED) is 0.672. The molecule has 0 bridgehead atoms. The molecule has 1 heterocycles. The van der Waals surface area contributed by atoms with Gasteiger partial charge in [0.15, 0.2) is 0 Å². The molecule has 4 nitrogen and oxygen atoms in total. The summed E-state index contributed by atoms with van der Waals surface area (Å²) in [6.07, 6.45) is 2.13. The van der Waals surface area contributed by atoms with Crippen LogP contribution in [-0.2, 0) is 6.42 Å². The Kier molecular flexibility index (Phi) is 5.60. The predicted molar refractivity (Wildman–Crippen MR) is 110 cm³/mol. The summed E-state index contributed by atoms with van der Waals surface area (Å²) in [5.74, 6) is 1.93. The molecule has 140 valence electrons. The molecule has 0 radical (unpaired) electrons. The first kappa shape index (κ1) is 18.4. The van der Waals surface area contributed by atoms with Gasteiger partial charge in [0.25, 0.3) is 0 Å². The molecular weight excluding hydrogens is 320 g/mol. The van der Waals surface area contributed by atoms with Crippen LogP contribution >= 0.6 is 0 Å². The van der Waals surface area contributed by atoms with Gasteiger partial charge in [-0.1, -0.05) is 37.4 Å². The Hall–Kier alpha value is -2.36. The zero-order chi connectivity index (χ0) is 18.7. The average molecular weight is 353 g/mol. The van der Waals surface area contributed by atoms with E-state index < -0.39 is 0 Å². The number of fused-ring (bicyclic) bond motifs is 1. The van der Waals surface area contributed by atoms with Crippen molar-refractivity contribution in [2.75, 3.05) is 19.6 Å². The van der Waals surface area contributed by atoms with E-state index in [0.717, 1.165) is 44.1 Å². The van der Waals surface area contributed by atoms with E-state index in [1.807, 2.05) is 0 Å². The van der Waals surface area contributed by atoms with Gasteiger partial charge >= 0.3 is 0 Å². The molecule has 0 saturated carbocycles. The molecule has 1 fully saturated rings. The lowest BCUT2D eigenvalue weighted by atomic mass is 10.0. The highest BCUT2D eigenvalue weighted by molar-refractivity contribution is 5.75. The Morgan fingerprint density at radius 1 is 1.31 bits per heavy atom. The number of nitrogens with zero attached hydrogens (tertiary/aromatic N) is 1. The summed E-state index contributed by atoms with van der Waals surface area (Å²) >= 11 is 0. The SMILES string of the molecule is C=C(NC1CCN(C(=C)NCC)C1)N[C@@H](C)C1=C(C)c2ccccc2C1. The summed E-state index contributed by atoms with van der Waals surface area (Å²) < 4.78 is 0. The number of hydrogen-bond acceptors (Lipinski definition) is 4. The summed E-state index contributed by atoms with van der Waals surface area (Å²) in [6, 6.07) is 9.39. The smallest absolute Gasteiger partial charge is 0.0939 e. The Labute approximate surface area is 158 Å². The fraction of sp³-hybridized carbons (Fsp3) is 0.455. The second-order valence-corrected chi connectivity index (χ2v) is 7.38. The minimum absolute atomic E-state index is 0.275. The Morgan fingerprint density at radius 2 is 2.08 bits per heavy atom. The van der Waals surface area contributed by atoms with Crippen molar-refractivity contribution < 1.29 is 0 Å². The minimum atomic E-state index is 0.275. The summed E-state index contributed by atoms with van der Waals surface area (Å²) in [4.78, 5) is 2.30. The van der Waals surface area contributed by atoms with Crippen LogP contribution < -0.4 is 16.0 Å². The predicted octanol–water partition coefficient (Wildman–Crippen LogP) is 3.21. The fourth-order valence-corrected chi connectivity index (χ4v) is 4.10. The third kappa shape index (κ3) is 3.90. The monoisotopic (exact) mass is 352 g/mol. The zero-order valence-corrected chi connectivity index (χ0v) is 16.4. The Bertz CT molecular complexity index is 719. The van der Waals surface area contributed by atoms with Crippen molar-refractivity contribution in [2.24, 2.45) is 0 Å². The van der Waals surface area contributed by atoms with Gasteiger partial charge in [0.05, 0.1) is 11.6 Å². The summed E-state index contributed by atoms with van der Waals surface area (Å²) in [5.41, 5.74) is 5.69. The molecule has 1 saturated heterocycles. The zero-order valence-electron chi connectivity index (χ0n) is 16.4. The first-order chi connectivity index (χ1) is 12.5. The summed E-state index contributed by atoms with van der Waals surface area (Å²) in [6.45, 7) is 17.8. The van der Waals surface area contributed by atoms with E-state index in [9.17, 15) is 0 Å².